The quantitative estimate of drug-likeness (QED) is 0.869. The van der Waals surface area contributed by atoms with Crippen molar-refractivity contribution in [2.75, 3.05) is 11.2 Å². The molecule has 0 fully saturated rings. The van der Waals surface area contributed by atoms with Crippen molar-refractivity contribution in [3.63, 3.8) is 0 Å². The van der Waals surface area contributed by atoms with Crippen LogP contribution in [0.1, 0.15) is 6.92 Å². The molecule has 0 bridgehead atoms. The molecule has 0 aliphatic rings. The van der Waals surface area contributed by atoms with Crippen molar-refractivity contribution in [3.8, 4) is 10.6 Å². The molecule has 1 atom stereocenters. The summed E-state index contributed by atoms with van der Waals surface area (Å²) < 4.78 is 0. The van der Waals surface area contributed by atoms with E-state index in [2.05, 4.69) is 10.3 Å². The molecule has 1 unspecified atom stereocenters. The maximum absolute atomic E-state index is 11.7. The van der Waals surface area contributed by atoms with Crippen molar-refractivity contribution in [2.24, 2.45) is 5.92 Å². The third-order valence-corrected chi connectivity index (χ3v) is 3.77. The van der Waals surface area contributed by atoms with Crippen LogP contribution in [0, 0.1) is 5.92 Å². The molecule has 3 nitrogen and oxygen atoms in total. The van der Waals surface area contributed by atoms with Gasteiger partial charge in [-0.2, -0.15) is 0 Å². The van der Waals surface area contributed by atoms with E-state index < -0.39 is 0 Å². The molecule has 1 heterocycles. The number of aromatic nitrogens is 1. The zero-order chi connectivity index (χ0) is 13.0. The summed E-state index contributed by atoms with van der Waals surface area (Å²) in [4.78, 5) is 16.0. The van der Waals surface area contributed by atoms with Crippen LogP contribution < -0.4 is 5.32 Å². The van der Waals surface area contributed by atoms with E-state index in [4.69, 9.17) is 11.6 Å². The van der Waals surface area contributed by atoms with Gasteiger partial charge in [-0.05, 0) is 12.1 Å². The topological polar surface area (TPSA) is 42.0 Å². The number of carbonyl (C=O) groups excluding carboxylic acids is 1. The number of nitrogens with one attached hydrogen (secondary N) is 1. The normalized spacial score (nSPS) is 12.1. The number of hydrogen-bond acceptors (Lipinski definition) is 3. The summed E-state index contributed by atoms with van der Waals surface area (Å²) in [6.07, 6.45) is 1.76. The molecule has 94 valence electrons. The van der Waals surface area contributed by atoms with Crippen LogP contribution in [-0.4, -0.2) is 16.8 Å². The lowest BCUT2D eigenvalue weighted by Gasteiger charge is -2.09. The molecule has 0 saturated heterocycles. The van der Waals surface area contributed by atoms with Crippen LogP contribution in [0.4, 0.5) is 5.69 Å². The van der Waals surface area contributed by atoms with Crippen molar-refractivity contribution < 1.29 is 4.79 Å². The number of hydrogen-bond donors (Lipinski definition) is 1. The van der Waals surface area contributed by atoms with E-state index in [0.717, 1.165) is 16.3 Å². The number of rotatable bonds is 4. The van der Waals surface area contributed by atoms with E-state index in [1.54, 1.807) is 24.5 Å². The summed E-state index contributed by atoms with van der Waals surface area (Å²) in [5, 5.41) is 5.72. The van der Waals surface area contributed by atoms with E-state index in [1.807, 2.05) is 29.6 Å². The van der Waals surface area contributed by atoms with Crippen molar-refractivity contribution in [1.82, 2.24) is 4.98 Å². The van der Waals surface area contributed by atoms with Crippen LogP contribution in [0.3, 0.4) is 0 Å². The molecule has 1 aromatic carbocycles. The maximum atomic E-state index is 11.7. The Hall–Kier alpha value is -1.39. The molecular weight excluding hydrogens is 268 g/mol. The van der Waals surface area contributed by atoms with Crippen LogP contribution in [-0.2, 0) is 4.79 Å². The lowest BCUT2D eigenvalue weighted by Crippen LogP contribution is -2.21. The summed E-state index contributed by atoms with van der Waals surface area (Å²) >= 11 is 7.23. The number of nitrogens with zero attached hydrogens (tertiary/aromatic N) is 1. The molecule has 0 aliphatic carbocycles. The van der Waals surface area contributed by atoms with Gasteiger partial charge in [-0.25, -0.2) is 4.98 Å². The number of alkyl halides is 1. The minimum absolute atomic E-state index is 0.0683. The van der Waals surface area contributed by atoms with Crippen molar-refractivity contribution in [3.05, 3.63) is 35.8 Å². The van der Waals surface area contributed by atoms with Crippen LogP contribution in [0.15, 0.2) is 35.8 Å². The van der Waals surface area contributed by atoms with Gasteiger partial charge in [-0.1, -0.05) is 19.1 Å². The summed E-state index contributed by atoms with van der Waals surface area (Å²) in [5.41, 5.74) is 1.77. The number of carbonyl (C=O) groups is 1. The first kappa shape index (κ1) is 13.1. The van der Waals surface area contributed by atoms with Crippen LogP contribution in [0.25, 0.3) is 10.6 Å². The van der Waals surface area contributed by atoms with Gasteiger partial charge in [-0.15, -0.1) is 22.9 Å². The standard InChI is InChI=1S/C13H13ClN2OS/c1-9(8-14)12(17)16-11-4-2-3-10(7-11)13-15-5-6-18-13/h2-7,9H,8H2,1H3,(H,16,17). The minimum atomic E-state index is -0.199. The van der Waals surface area contributed by atoms with E-state index in [-0.39, 0.29) is 11.8 Å². The molecule has 5 heteroatoms. The number of halogens is 1. The van der Waals surface area contributed by atoms with Gasteiger partial charge < -0.3 is 5.32 Å². The number of benzene rings is 1. The Balaban J connectivity index is 2.16. The van der Waals surface area contributed by atoms with Gasteiger partial charge in [0.2, 0.25) is 5.91 Å². The molecule has 0 spiro atoms. The Bertz CT molecular complexity index is 528. The molecule has 0 saturated carbocycles. The predicted molar refractivity (Wildman–Crippen MR) is 76.1 cm³/mol. The highest BCUT2D eigenvalue weighted by Crippen LogP contribution is 2.24. The Morgan fingerprint density at radius 1 is 1.56 bits per heavy atom. The van der Waals surface area contributed by atoms with Gasteiger partial charge in [0.15, 0.2) is 0 Å². The zero-order valence-corrected chi connectivity index (χ0v) is 11.5. The lowest BCUT2D eigenvalue weighted by molar-refractivity contribution is -0.118. The highest BCUT2D eigenvalue weighted by atomic mass is 35.5. The second-order valence-electron chi connectivity index (χ2n) is 3.96. The largest absolute Gasteiger partial charge is 0.326 e. The minimum Gasteiger partial charge on any atom is -0.326 e. The van der Waals surface area contributed by atoms with Gasteiger partial charge in [0.05, 0.1) is 0 Å². The van der Waals surface area contributed by atoms with E-state index in [9.17, 15) is 4.79 Å². The van der Waals surface area contributed by atoms with Crippen LogP contribution in [0.2, 0.25) is 0 Å². The molecule has 1 N–H and O–H groups in total. The average molecular weight is 281 g/mol. The Morgan fingerprint density at radius 3 is 3.06 bits per heavy atom. The Morgan fingerprint density at radius 2 is 2.39 bits per heavy atom. The summed E-state index contributed by atoms with van der Waals surface area (Å²) in [5.74, 6) is 0.0503. The molecule has 1 aromatic heterocycles. The fraction of sp³-hybridized carbons (Fsp3) is 0.231. The third-order valence-electron chi connectivity index (χ3n) is 2.49. The highest BCUT2D eigenvalue weighted by Gasteiger charge is 2.11. The van der Waals surface area contributed by atoms with E-state index in [0.29, 0.717) is 5.88 Å². The summed E-state index contributed by atoms with van der Waals surface area (Å²) in [7, 11) is 0. The molecule has 2 rings (SSSR count). The SMILES string of the molecule is CC(CCl)C(=O)Nc1cccc(-c2nccs2)c1. The second-order valence-corrected chi connectivity index (χ2v) is 5.17. The molecule has 0 aliphatic heterocycles. The fourth-order valence-corrected chi connectivity index (χ4v) is 2.21. The lowest BCUT2D eigenvalue weighted by atomic mass is 10.1. The Labute approximate surface area is 115 Å². The van der Waals surface area contributed by atoms with Gasteiger partial charge in [0, 0.05) is 34.6 Å². The molecule has 0 radical (unpaired) electrons. The Kier molecular flexibility index (Phi) is 4.33. The highest BCUT2D eigenvalue weighted by molar-refractivity contribution is 7.13. The third kappa shape index (κ3) is 3.09. The van der Waals surface area contributed by atoms with Crippen molar-refractivity contribution >= 4 is 34.5 Å². The monoisotopic (exact) mass is 280 g/mol. The smallest absolute Gasteiger partial charge is 0.228 e. The zero-order valence-electron chi connectivity index (χ0n) is 9.89. The summed E-state index contributed by atoms with van der Waals surface area (Å²) in [6.45, 7) is 1.80. The molecule has 18 heavy (non-hydrogen) atoms. The van der Waals surface area contributed by atoms with Crippen LogP contribution in [0.5, 0.6) is 0 Å². The summed E-state index contributed by atoms with van der Waals surface area (Å²) in [6, 6.07) is 7.64. The molecular formula is C13H13ClN2OS. The first-order chi connectivity index (χ1) is 8.70. The van der Waals surface area contributed by atoms with Crippen LogP contribution >= 0.6 is 22.9 Å². The van der Waals surface area contributed by atoms with Gasteiger partial charge in [-0.3, -0.25) is 4.79 Å². The number of amides is 1. The fourth-order valence-electron chi connectivity index (χ4n) is 1.43. The van der Waals surface area contributed by atoms with Gasteiger partial charge in [0.1, 0.15) is 5.01 Å². The van der Waals surface area contributed by atoms with E-state index in [1.165, 1.54) is 0 Å². The van der Waals surface area contributed by atoms with Crippen molar-refractivity contribution in [2.45, 2.75) is 6.92 Å². The number of thiazole rings is 1. The number of anilines is 1. The first-order valence-electron chi connectivity index (χ1n) is 5.57. The van der Waals surface area contributed by atoms with Crippen molar-refractivity contribution in [1.29, 1.82) is 0 Å². The van der Waals surface area contributed by atoms with Gasteiger partial charge >= 0.3 is 0 Å². The van der Waals surface area contributed by atoms with E-state index >= 15 is 0 Å². The maximum Gasteiger partial charge on any atom is 0.228 e. The first-order valence-corrected chi connectivity index (χ1v) is 6.99. The predicted octanol–water partition coefficient (Wildman–Crippen LogP) is 3.62. The molecule has 1 amide bonds. The second kappa shape index (κ2) is 5.98. The van der Waals surface area contributed by atoms with Gasteiger partial charge in [0.25, 0.3) is 0 Å². The molecule has 2 aromatic rings. The average Bonchev–Trinajstić information content (AvgIpc) is 2.92.